The summed E-state index contributed by atoms with van der Waals surface area (Å²) in [5.74, 6) is 5.40. The van der Waals surface area contributed by atoms with Gasteiger partial charge in [-0.15, -0.1) is 0 Å². The number of carbonyl (C=O) groups excluding carboxylic acids is 1. The van der Waals surface area contributed by atoms with Crippen molar-refractivity contribution in [2.75, 3.05) is 18.5 Å². The number of aryl methyl sites for hydroxylation is 1. The molecule has 0 aliphatic rings. The van der Waals surface area contributed by atoms with Crippen LogP contribution in [-0.4, -0.2) is 24.4 Å². The van der Waals surface area contributed by atoms with E-state index in [0.717, 1.165) is 11.1 Å². The molecule has 0 saturated heterocycles. The van der Waals surface area contributed by atoms with E-state index in [4.69, 9.17) is 9.84 Å². The van der Waals surface area contributed by atoms with Crippen LogP contribution in [0.3, 0.4) is 0 Å². The van der Waals surface area contributed by atoms with E-state index in [1.54, 1.807) is 25.1 Å². The standard InChI is InChI=1S/C13H15NO3/c1-3-17-13(16)14-12-7-6-11(5-4-8-15)10(2)9-12/h6-7,9,15H,3,8H2,1-2H3,(H,14,16). The summed E-state index contributed by atoms with van der Waals surface area (Å²) in [6, 6.07) is 5.34. The van der Waals surface area contributed by atoms with Gasteiger partial charge in [0.05, 0.1) is 6.61 Å². The Hall–Kier alpha value is -1.99. The molecule has 90 valence electrons. The number of rotatable bonds is 2. The highest BCUT2D eigenvalue weighted by atomic mass is 16.5. The maximum atomic E-state index is 11.2. The summed E-state index contributed by atoms with van der Waals surface area (Å²) in [5, 5.41) is 11.2. The van der Waals surface area contributed by atoms with Gasteiger partial charge >= 0.3 is 6.09 Å². The zero-order valence-corrected chi connectivity index (χ0v) is 9.91. The van der Waals surface area contributed by atoms with Gasteiger partial charge in [0.2, 0.25) is 0 Å². The van der Waals surface area contributed by atoms with E-state index < -0.39 is 6.09 Å². The number of hydrogen-bond donors (Lipinski definition) is 2. The summed E-state index contributed by atoms with van der Waals surface area (Å²) in [7, 11) is 0. The Balaban J connectivity index is 2.78. The molecule has 0 heterocycles. The number of anilines is 1. The maximum absolute atomic E-state index is 11.2. The molecule has 0 unspecified atom stereocenters. The average Bonchev–Trinajstić information content (AvgIpc) is 2.28. The second-order valence-corrected chi connectivity index (χ2v) is 3.34. The molecular formula is C13H15NO3. The second kappa shape index (κ2) is 6.56. The van der Waals surface area contributed by atoms with Gasteiger partial charge in [0, 0.05) is 11.3 Å². The smallest absolute Gasteiger partial charge is 0.411 e. The molecule has 4 nitrogen and oxygen atoms in total. The number of nitrogens with one attached hydrogen (secondary N) is 1. The lowest BCUT2D eigenvalue weighted by Gasteiger charge is -2.06. The molecule has 0 saturated carbocycles. The third-order valence-corrected chi connectivity index (χ3v) is 2.05. The molecule has 17 heavy (non-hydrogen) atoms. The molecule has 0 aliphatic carbocycles. The van der Waals surface area contributed by atoms with Crippen molar-refractivity contribution in [3.8, 4) is 11.8 Å². The lowest BCUT2D eigenvalue weighted by Crippen LogP contribution is -2.13. The highest BCUT2D eigenvalue weighted by molar-refractivity contribution is 5.84. The highest BCUT2D eigenvalue weighted by Gasteiger charge is 2.03. The fraction of sp³-hybridized carbons (Fsp3) is 0.308. The predicted molar refractivity (Wildman–Crippen MR) is 65.8 cm³/mol. The lowest BCUT2D eigenvalue weighted by molar-refractivity contribution is 0.168. The second-order valence-electron chi connectivity index (χ2n) is 3.34. The molecule has 1 rings (SSSR count). The Kier molecular flexibility index (Phi) is 5.05. The van der Waals surface area contributed by atoms with E-state index in [1.807, 2.05) is 6.92 Å². The maximum Gasteiger partial charge on any atom is 0.411 e. The van der Waals surface area contributed by atoms with E-state index in [1.165, 1.54) is 0 Å². The van der Waals surface area contributed by atoms with Crippen molar-refractivity contribution in [3.05, 3.63) is 29.3 Å². The normalized spacial score (nSPS) is 9.12. The Labute approximate surface area is 101 Å². The summed E-state index contributed by atoms with van der Waals surface area (Å²) in [5.41, 5.74) is 2.42. The van der Waals surface area contributed by atoms with Crippen LogP contribution in [0, 0.1) is 18.8 Å². The number of amides is 1. The van der Waals surface area contributed by atoms with Gasteiger partial charge in [-0.05, 0) is 37.6 Å². The summed E-state index contributed by atoms with van der Waals surface area (Å²) in [6.45, 7) is 3.81. The van der Waals surface area contributed by atoms with Gasteiger partial charge in [-0.3, -0.25) is 5.32 Å². The van der Waals surface area contributed by atoms with Crippen LogP contribution in [-0.2, 0) is 4.74 Å². The molecule has 0 fully saturated rings. The van der Waals surface area contributed by atoms with Crippen molar-refractivity contribution < 1.29 is 14.6 Å². The van der Waals surface area contributed by atoms with Gasteiger partial charge in [0.1, 0.15) is 6.61 Å². The SMILES string of the molecule is CCOC(=O)Nc1ccc(C#CCO)c(C)c1. The van der Waals surface area contributed by atoms with Gasteiger partial charge in [0.15, 0.2) is 0 Å². The number of ether oxygens (including phenoxy) is 1. The molecule has 0 radical (unpaired) electrons. The van der Waals surface area contributed by atoms with Gasteiger partial charge in [-0.25, -0.2) is 4.79 Å². The molecule has 0 atom stereocenters. The van der Waals surface area contributed by atoms with Crippen LogP contribution in [0.25, 0.3) is 0 Å². The summed E-state index contributed by atoms with van der Waals surface area (Å²) >= 11 is 0. The fourth-order valence-electron chi connectivity index (χ4n) is 1.30. The van der Waals surface area contributed by atoms with Crippen LogP contribution < -0.4 is 5.32 Å². The molecule has 2 N–H and O–H groups in total. The van der Waals surface area contributed by atoms with E-state index in [9.17, 15) is 4.79 Å². The molecule has 4 heteroatoms. The lowest BCUT2D eigenvalue weighted by atomic mass is 10.1. The van der Waals surface area contributed by atoms with Crippen molar-refractivity contribution >= 4 is 11.8 Å². The van der Waals surface area contributed by atoms with Gasteiger partial charge in [-0.1, -0.05) is 11.8 Å². The summed E-state index contributed by atoms with van der Waals surface area (Å²) < 4.78 is 4.77. The van der Waals surface area contributed by atoms with E-state index >= 15 is 0 Å². The molecule has 0 bridgehead atoms. The highest BCUT2D eigenvalue weighted by Crippen LogP contribution is 2.14. The Morgan fingerprint density at radius 2 is 2.29 bits per heavy atom. The molecule has 1 aromatic rings. The van der Waals surface area contributed by atoms with Crippen LogP contribution in [0.1, 0.15) is 18.1 Å². The predicted octanol–water partition coefficient (Wildman–Crippen LogP) is 1.91. The number of carbonyl (C=O) groups is 1. The van der Waals surface area contributed by atoms with Gasteiger partial charge in [-0.2, -0.15) is 0 Å². The van der Waals surface area contributed by atoms with Gasteiger partial charge < -0.3 is 9.84 Å². The molecular weight excluding hydrogens is 218 g/mol. The first-order chi connectivity index (χ1) is 8.17. The number of aliphatic hydroxyl groups is 1. The average molecular weight is 233 g/mol. The first-order valence-corrected chi connectivity index (χ1v) is 5.31. The summed E-state index contributed by atoms with van der Waals surface area (Å²) in [4.78, 5) is 11.2. The molecule has 0 aromatic heterocycles. The minimum absolute atomic E-state index is 0.164. The van der Waals surface area contributed by atoms with E-state index in [2.05, 4.69) is 17.2 Å². The first kappa shape index (κ1) is 13.1. The molecule has 0 spiro atoms. The third-order valence-electron chi connectivity index (χ3n) is 2.05. The van der Waals surface area contributed by atoms with Crippen LogP contribution in [0.2, 0.25) is 0 Å². The van der Waals surface area contributed by atoms with Crippen molar-refractivity contribution in [1.29, 1.82) is 0 Å². The first-order valence-electron chi connectivity index (χ1n) is 5.31. The van der Waals surface area contributed by atoms with E-state index in [0.29, 0.717) is 12.3 Å². The monoisotopic (exact) mass is 233 g/mol. The Morgan fingerprint density at radius 1 is 1.53 bits per heavy atom. The quantitative estimate of drug-likeness (QED) is 0.767. The zero-order chi connectivity index (χ0) is 12.7. The van der Waals surface area contributed by atoms with E-state index in [-0.39, 0.29) is 6.61 Å². The topological polar surface area (TPSA) is 58.6 Å². The zero-order valence-electron chi connectivity index (χ0n) is 9.91. The van der Waals surface area contributed by atoms with Crippen molar-refractivity contribution in [2.24, 2.45) is 0 Å². The number of hydrogen-bond acceptors (Lipinski definition) is 3. The molecule has 0 aliphatic heterocycles. The molecule has 1 aromatic carbocycles. The van der Waals surface area contributed by atoms with Crippen molar-refractivity contribution in [1.82, 2.24) is 0 Å². The minimum Gasteiger partial charge on any atom is -0.450 e. The van der Waals surface area contributed by atoms with Crippen LogP contribution >= 0.6 is 0 Å². The Bertz CT molecular complexity index is 457. The largest absolute Gasteiger partial charge is 0.450 e. The fourth-order valence-corrected chi connectivity index (χ4v) is 1.30. The van der Waals surface area contributed by atoms with Crippen LogP contribution in [0.15, 0.2) is 18.2 Å². The number of aliphatic hydroxyl groups excluding tert-OH is 1. The minimum atomic E-state index is -0.471. The van der Waals surface area contributed by atoms with Crippen molar-refractivity contribution in [2.45, 2.75) is 13.8 Å². The van der Waals surface area contributed by atoms with Crippen molar-refractivity contribution in [3.63, 3.8) is 0 Å². The third kappa shape index (κ3) is 4.17. The van der Waals surface area contributed by atoms with Crippen LogP contribution in [0.4, 0.5) is 10.5 Å². The Morgan fingerprint density at radius 3 is 2.88 bits per heavy atom. The number of benzene rings is 1. The summed E-state index contributed by atoms with van der Waals surface area (Å²) in [6.07, 6.45) is -0.471. The van der Waals surface area contributed by atoms with Gasteiger partial charge in [0.25, 0.3) is 0 Å². The molecule has 1 amide bonds. The van der Waals surface area contributed by atoms with Crippen LogP contribution in [0.5, 0.6) is 0 Å².